The summed E-state index contributed by atoms with van der Waals surface area (Å²) in [5.41, 5.74) is 0. The first-order valence-corrected chi connectivity index (χ1v) is 4.80. The molecule has 0 fully saturated rings. The molecule has 3 heteroatoms. The molecular weight excluding hydrogens is 186 g/mol. The highest BCUT2D eigenvalue weighted by Crippen LogP contribution is 2.32. The molecule has 2 aromatic rings. The van der Waals surface area contributed by atoms with Crippen LogP contribution < -0.4 is 0 Å². The van der Waals surface area contributed by atoms with Crippen molar-refractivity contribution in [2.24, 2.45) is 0 Å². The molecule has 0 saturated heterocycles. The Bertz CT molecular complexity index is 431. The van der Waals surface area contributed by atoms with Crippen molar-refractivity contribution >= 4 is 40.3 Å². The second kappa shape index (κ2) is 2.92. The molecule has 1 aromatic heterocycles. The van der Waals surface area contributed by atoms with Crippen molar-refractivity contribution in [2.45, 2.75) is 4.90 Å². The summed E-state index contributed by atoms with van der Waals surface area (Å²) < 4.78 is 1.20. The van der Waals surface area contributed by atoms with Crippen molar-refractivity contribution in [1.29, 1.82) is 5.41 Å². The monoisotopic (exact) mass is 193 g/mol. The van der Waals surface area contributed by atoms with Crippen LogP contribution in [0.3, 0.4) is 0 Å². The molecule has 0 bridgehead atoms. The first-order valence-electron chi connectivity index (χ1n) is 3.54. The minimum absolute atomic E-state index is 0.922. The molecule has 0 aliphatic heterocycles. The summed E-state index contributed by atoms with van der Waals surface area (Å²) in [5.74, 6) is 0. The Kier molecular flexibility index (Phi) is 1.90. The topological polar surface area (TPSA) is 23.9 Å². The fourth-order valence-electron chi connectivity index (χ4n) is 1.15. The number of rotatable bonds is 1. The molecule has 1 heterocycles. The number of thiol groups is 1. The maximum Gasteiger partial charge on any atom is 0.0592 e. The van der Waals surface area contributed by atoms with E-state index < -0.39 is 0 Å². The third-order valence-electron chi connectivity index (χ3n) is 1.73. The summed E-state index contributed by atoms with van der Waals surface area (Å²) in [6.45, 7) is 0. The largest absolute Gasteiger partial charge is 0.307 e. The quantitative estimate of drug-likeness (QED) is 0.513. The number of fused-ring (bicyclic) bond motifs is 1. The fraction of sp³-hybridized carbons (Fsp3) is 0. The predicted molar refractivity (Wildman–Crippen MR) is 57.0 cm³/mol. The van der Waals surface area contributed by atoms with E-state index in [1.165, 1.54) is 10.9 Å². The van der Waals surface area contributed by atoms with Crippen LogP contribution in [-0.2, 0) is 0 Å². The minimum atomic E-state index is 0.922. The van der Waals surface area contributed by atoms with Crippen molar-refractivity contribution in [3.05, 3.63) is 29.1 Å². The Morgan fingerprint density at radius 3 is 2.75 bits per heavy atom. The zero-order valence-electron chi connectivity index (χ0n) is 6.24. The molecule has 0 amide bonds. The maximum atomic E-state index is 7.15. The van der Waals surface area contributed by atoms with Gasteiger partial charge in [0.1, 0.15) is 0 Å². The third-order valence-corrected chi connectivity index (χ3v) is 3.48. The van der Waals surface area contributed by atoms with Gasteiger partial charge in [-0.3, -0.25) is 0 Å². The van der Waals surface area contributed by atoms with E-state index in [2.05, 4.69) is 12.6 Å². The van der Waals surface area contributed by atoms with Crippen LogP contribution in [0.5, 0.6) is 0 Å². The summed E-state index contributed by atoms with van der Waals surface area (Å²) in [4.78, 5) is 1.85. The highest BCUT2D eigenvalue weighted by Gasteiger charge is 2.04. The molecule has 0 aliphatic carbocycles. The summed E-state index contributed by atoms with van der Waals surface area (Å²) in [6, 6.07) is 8.07. The molecule has 0 saturated carbocycles. The SMILES string of the molecule is N=Cc1sc2ccccc2c1S. The van der Waals surface area contributed by atoms with Crippen molar-refractivity contribution in [3.8, 4) is 0 Å². The van der Waals surface area contributed by atoms with E-state index >= 15 is 0 Å². The van der Waals surface area contributed by atoms with Gasteiger partial charge in [0.15, 0.2) is 0 Å². The number of hydrogen-bond donors (Lipinski definition) is 2. The second-order valence-corrected chi connectivity index (χ2v) is 3.99. The molecule has 1 nitrogen and oxygen atoms in total. The van der Waals surface area contributed by atoms with Gasteiger partial charge in [0, 0.05) is 21.2 Å². The van der Waals surface area contributed by atoms with E-state index in [1.807, 2.05) is 24.3 Å². The van der Waals surface area contributed by atoms with Gasteiger partial charge in [0.2, 0.25) is 0 Å². The standard InChI is InChI=1S/C9H7NS2/c10-5-8-9(11)6-3-1-2-4-7(6)12-8/h1-5,10-11H. The zero-order valence-corrected chi connectivity index (χ0v) is 7.95. The lowest BCUT2D eigenvalue weighted by molar-refractivity contribution is 1.54. The first kappa shape index (κ1) is 7.83. The molecule has 2 rings (SSSR count). The van der Waals surface area contributed by atoms with E-state index in [-0.39, 0.29) is 0 Å². The molecular formula is C9H7NS2. The van der Waals surface area contributed by atoms with Crippen LogP contribution in [-0.4, -0.2) is 6.21 Å². The summed E-state index contributed by atoms with van der Waals surface area (Å²) in [5, 5.41) is 8.30. The van der Waals surface area contributed by atoms with Gasteiger partial charge in [-0.25, -0.2) is 0 Å². The highest BCUT2D eigenvalue weighted by atomic mass is 32.1. The van der Waals surface area contributed by atoms with Gasteiger partial charge in [-0.05, 0) is 6.07 Å². The van der Waals surface area contributed by atoms with E-state index in [4.69, 9.17) is 5.41 Å². The lowest BCUT2D eigenvalue weighted by atomic mass is 10.2. The van der Waals surface area contributed by atoms with Gasteiger partial charge >= 0.3 is 0 Å². The molecule has 1 aromatic carbocycles. The molecule has 60 valence electrons. The van der Waals surface area contributed by atoms with Crippen LogP contribution in [0.1, 0.15) is 4.88 Å². The average Bonchev–Trinajstić information content (AvgIpc) is 2.44. The van der Waals surface area contributed by atoms with E-state index in [0.29, 0.717) is 0 Å². The Morgan fingerprint density at radius 1 is 1.33 bits per heavy atom. The number of hydrogen-bond acceptors (Lipinski definition) is 3. The Hall–Kier alpha value is -0.800. The van der Waals surface area contributed by atoms with Crippen LogP contribution in [0.25, 0.3) is 10.1 Å². The van der Waals surface area contributed by atoms with Crippen LogP contribution in [0, 0.1) is 5.41 Å². The summed E-state index contributed by atoms with van der Waals surface area (Å²) in [7, 11) is 0. The normalized spacial score (nSPS) is 10.4. The highest BCUT2D eigenvalue weighted by molar-refractivity contribution is 7.81. The Balaban J connectivity index is 2.87. The van der Waals surface area contributed by atoms with E-state index in [9.17, 15) is 0 Å². The van der Waals surface area contributed by atoms with Crippen LogP contribution in [0.15, 0.2) is 29.2 Å². The molecule has 0 aliphatic rings. The molecule has 12 heavy (non-hydrogen) atoms. The van der Waals surface area contributed by atoms with Gasteiger partial charge in [-0.2, -0.15) is 0 Å². The third kappa shape index (κ3) is 1.06. The number of benzene rings is 1. The molecule has 1 N–H and O–H groups in total. The summed E-state index contributed by atoms with van der Waals surface area (Å²) >= 11 is 5.96. The van der Waals surface area contributed by atoms with Crippen molar-refractivity contribution in [2.75, 3.05) is 0 Å². The van der Waals surface area contributed by atoms with Crippen LogP contribution >= 0.6 is 24.0 Å². The molecule has 0 unspecified atom stereocenters. The zero-order chi connectivity index (χ0) is 8.55. The van der Waals surface area contributed by atoms with Gasteiger partial charge < -0.3 is 5.41 Å². The maximum absolute atomic E-state index is 7.15. The van der Waals surface area contributed by atoms with Crippen molar-refractivity contribution in [3.63, 3.8) is 0 Å². The average molecular weight is 193 g/mol. The summed E-state index contributed by atoms with van der Waals surface area (Å²) in [6.07, 6.45) is 1.35. The van der Waals surface area contributed by atoms with Gasteiger partial charge in [0.05, 0.1) is 4.88 Å². The molecule has 0 radical (unpaired) electrons. The van der Waals surface area contributed by atoms with Crippen LogP contribution in [0.2, 0.25) is 0 Å². The van der Waals surface area contributed by atoms with Gasteiger partial charge in [0.25, 0.3) is 0 Å². The van der Waals surface area contributed by atoms with Crippen molar-refractivity contribution in [1.82, 2.24) is 0 Å². The number of thiophene rings is 1. The lowest BCUT2D eigenvalue weighted by Crippen LogP contribution is -1.70. The second-order valence-electron chi connectivity index (χ2n) is 2.46. The Morgan fingerprint density at radius 2 is 2.08 bits per heavy atom. The molecule has 0 spiro atoms. The number of nitrogens with one attached hydrogen (secondary N) is 1. The van der Waals surface area contributed by atoms with Gasteiger partial charge in [-0.15, -0.1) is 24.0 Å². The fourth-order valence-corrected chi connectivity index (χ4v) is 2.55. The van der Waals surface area contributed by atoms with Crippen LogP contribution in [0.4, 0.5) is 0 Å². The first-order chi connectivity index (χ1) is 5.83. The Labute approximate surface area is 80.0 Å². The van der Waals surface area contributed by atoms with E-state index in [0.717, 1.165) is 15.2 Å². The molecule has 0 atom stereocenters. The van der Waals surface area contributed by atoms with Crippen molar-refractivity contribution < 1.29 is 0 Å². The smallest absolute Gasteiger partial charge is 0.0592 e. The lowest BCUT2D eigenvalue weighted by Gasteiger charge is -1.87. The minimum Gasteiger partial charge on any atom is -0.307 e. The predicted octanol–water partition coefficient (Wildman–Crippen LogP) is 3.19. The van der Waals surface area contributed by atoms with Gasteiger partial charge in [-0.1, -0.05) is 18.2 Å². The van der Waals surface area contributed by atoms with E-state index in [1.54, 1.807) is 11.3 Å².